The maximum Gasteiger partial charge on any atom is 0.240 e. The average Bonchev–Trinajstić information content (AvgIpc) is 3.06. The van der Waals surface area contributed by atoms with Crippen LogP contribution in [0.2, 0.25) is 0 Å². The number of nitrogens with zero attached hydrogens (tertiary/aromatic N) is 3. The predicted octanol–water partition coefficient (Wildman–Crippen LogP) is 3.46. The Morgan fingerprint density at radius 1 is 1.21 bits per heavy atom. The number of hydrogen-bond acceptors (Lipinski definition) is 4. The van der Waals surface area contributed by atoms with Gasteiger partial charge in [-0.25, -0.2) is 4.98 Å². The molecule has 0 aliphatic rings. The lowest BCUT2D eigenvalue weighted by Crippen LogP contribution is -2.46. The van der Waals surface area contributed by atoms with E-state index in [0.29, 0.717) is 5.92 Å². The minimum Gasteiger partial charge on any atom is -0.350 e. The van der Waals surface area contributed by atoms with Crippen LogP contribution in [0.4, 0.5) is 0 Å². The zero-order chi connectivity index (χ0) is 20.9. The van der Waals surface area contributed by atoms with Crippen molar-refractivity contribution in [3.63, 3.8) is 0 Å². The first-order valence-corrected chi connectivity index (χ1v) is 10.4. The van der Waals surface area contributed by atoms with E-state index in [1.165, 1.54) is 22.2 Å². The van der Waals surface area contributed by atoms with Crippen LogP contribution in [0.3, 0.4) is 0 Å². The SMILES string of the molecule is CC(C)c1ccc(-n2ccnc2SCC(=O)N(C)CC(=O)NC(C)(C)C)cc1. The first-order valence-electron chi connectivity index (χ1n) is 9.38. The molecule has 0 saturated heterocycles. The monoisotopic (exact) mass is 402 g/mol. The summed E-state index contributed by atoms with van der Waals surface area (Å²) >= 11 is 1.36. The van der Waals surface area contributed by atoms with Crippen LogP contribution in [0.25, 0.3) is 5.69 Å². The molecule has 0 unspecified atom stereocenters. The highest BCUT2D eigenvalue weighted by atomic mass is 32.2. The molecule has 0 fully saturated rings. The van der Waals surface area contributed by atoms with E-state index in [1.54, 1.807) is 13.2 Å². The molecule has 6 nitrogen and oxygen atoms in total. The topological polar surface area (TPSA) is 67.2 Å². The van der Waals surface area contributed by atoms with E-state index in [0.717, 1.165) is 10.8 Å². The fraction of sp³-hybridized carbons (Fsp3) is 0.476. The number of carbonyl (C=O) groups is 2. The van der Waals surface area contributed by atoms with Crippen LogP contribution < -0.4 is 5.32 Å². The Morgan fingerprint density at radius 3 is 2.43 bits per heavy atom. The third-order valence-electron chi connectivity index (χ3n) is 4.09. The van der Waals surface area contributed by atoms with E-state index in [4.69, 9.17) is 0 Å². The minimum absolute atomic E-state index is 0.0434. The summed E-state index contributed by atoms with van der Waals surface area (Å²) in [5.74, 6) is 0.425. The predicted molar refractivity (Wildman–Crippen MR) is 114 cm³/mol. The number of imidazole rings is 1. The summed E-state index contributed by atoms with van der Waals surface area (Å²) in [6.45, 7) is 10.1. The molecule has 1 aromatic heterocycles. The molecule has 0 atom stereocenters. The molecule has 0 aliphatic carbocycles. The third-order valence-corrected chi connectivity index (χ3v) is 5.04. The minimum atomic E-state index is -0.314. The number of benzene rings is 1. The van der Waals surface area contributed by atoms with Crippen molar-refractivity contribution >= 4 is 23.6 Å². The van der Waals surface area contributed by atoms with Crippen molar-refractivity contribution in [2.75, 3.05) is 19.3 Å². The summed E-state index contributed by atoms with van der Waals surface area (Å²) in [7, 11) is 1.64. The Morgan fingerprint density at radius 2 is 1.86 bits per heavy atom. The number of hydrogen-bond donors (Lipinski definition) is 1. The van der Waals surface area contributed by atoms with Crippen molar-refractivity contribution < 1.29 is 9.59 Å². The average molecular weight is 403 g/mol. The molecular formula is C21H30N4O2S. The van der Waals surface area contributed by atoms with Crippen LogP contribution in [0.15, 0.2) is 41.8 Å². The Labute approximate surface area is 171 Å². The lowest BCUT2D eigenvalue weighted by atomic mass is 10.0. The van der Waals surface area contributed by atoms with E-state index in [-0.39, 0.29) is 29.7 Å². The van der Waals surface area contributed by atoms with Crippen molar-refractivity contribution in [1.82, 2.24) is 19.8 Å². The van der Waals surface area contributed by atoms with Crippen LogP contribution in [0, 0.1) is 0 Å². The van der Waals surface area contributed by atoms with Crippen LogP contribution in [0.1, 0.15) is 46.1 Å². The van der Waals surface area contributed by atoms with Gasteiger partial charge in [-0.2, -0.15) is 0 Å². The first kappa shape index (κ1) is 22.0. The van der Waals surface area contributed by atoms with E-state index in [1.807, 2.05) is 31.5 Å². The van der Waals surface area contributed by atoms with Gasteiger partial charge < -0.3 is 10.2 Å². The summed E-state index contributed by atoms with van der Waals surface area (Å²) in [5.41, 5.74) is 1.98. The van der Waals surface area contributed by atoms with Crippen molar-refractivity contribution in [2.24, 2.45) is 0 Å². The Balaban J connectivity index is 1.95. The molecule has 1 heterocycles. The number of aromatic nitrogens is 2. The highest BCUT2D eigenvalue weighted by Gasteiger charge is 2.18. The van der Waals surface area contributed by atoms with Gasteiger partial charge in [0, 0.05) is 30.7 Å². The first-order chi connectivity index (χ1) is 13.1. The zero-order valence-corrected chi connectivity index (χ0v) is 18.3. The number of likely N-dealkylation sites (N-methyl/N-ethyl adjacent to an activating group) is 1. The number of amides is 2. The highest BCUT2D eigenvalue weighted by molar-refractivity contribution is 7.99. The molecule has 2 aromatic rings. The van der Waals surface area contributed by atoms with Crippen LogP contribution >= 0.6 is 11.8 Å². The van der Waals surface area contributed by atoms with Crippen molar-refractivity contribution in [3.05, 3.63) is 42.2 Å². The number of thioether (sulfide) groups is 1. The van der Waals surface area contributed by atoms with Crippen LogP contribution in [-0.4, -0.2) is 51.1 Å². The number of rotatable bonds is 7. The van der Waals surface area contributed by atoms with E-state index < -0.39 is 0 Å². The van der Waals surface area contributed by atoms with Gasteiger partial charge in [-0.15, -0.1) is 0 Å². The molecule has 1 N–H and O–H groups in total. The van der Waals surface area contributed by atoms with Crippen molar-refractivity contribution in [2.45, 2.75) is 51.2 Å². The molecule has 2 rings (SSSR count). The van der Waals surface area contributed by atoms with Crippen LogP contribution in [0.5, 0.6) is 0 Å². The molecule has 0 radical (unpaired) electrons. The van der Waals surface area contributed by atoms with Gasteiger partial charge in [0.15, 0.2) is 5.16 Å². The summed E-state index contributed by atoms with van der Waals surface area (Å²) < 4.78 is 1.97. The summed E-state index contributed by atoms with van der Waals surface area (Å²) in [6, 6.07) is 8.35. The van der Waals surface area contributed by atoms with Gasteiger partial charge in [-0.05, 0) is 44.4 Å². The number of carbonyl (C=O) groups excluding carboxylic acids is 2. The fourth-order valence-corrected chi connectivity index (χ4v) is 3.52. The number of nitrogens with one attached hydrogen (secondary N) is 1. The lowest BCUT2D eigenvalue weighted by molar-refractivity contribution is -0.133. The Hall–Kier alpha value is -2.28. The highest BCUT2D eigenvalue weighted by Crippen LogP contribution is 2.22. The van der Waals surface area contributed by atoms with Gasteiger partial charge in [0.05, 0.1) is 12.3 Å². The van der Waals surface area contributed by atoms with E-state index in [2.05, 4.69) is 48.4 Å². The van der Waals surface area contributed by atoms with E-state index >= 15 is 0 Å². The molecule has 0 bridgehead atoms. The molecule has 0 aliphatic heterocycles. The second-order valence-electron chi connectivity index (χ2n) is 8.16. The fourth-order valence-electron chi connectivity index (χ4n) is 2.61. The van der Waals surface area contributed by atoms with Gasteiger partial charge >= 0.3 is 0 Å². The summed E-state index contributed by atoms with van der Waals surface area (Å²) in [4.78, 5) is 30.2. The second-order valence-corrected chi connectivity index (χ2v) is 9.11. The van der Waals surface area contributed by atoms with Gasteiger partial charge in [0.1, 0.15) is 0 Å². The standard InChI is InChI=1S/C21H30N4O2S/c1-15(2)16-7-9-17(10-8-16)25-12-11-22-20(25)28-14-19(27)24(6)13-18(26)23-21(3,4)5/h7-12,15H,13-14H2,1-6H3,(H,23,26). The van der Waals surface area contributed by atoms with Crippen molar-refractivity contribution in [1.29, 1.82) is 0 Å². The molecule has 152 valence electrons. The molecule has 28 heavy (non-hydrogen) atoms. The molecular weight excluding hydrogens is 372 g/mol. The molecule has 0 spiro atoms. The maximum absolute atomic E-state index is 12.4. The van der Waals surface area contributed by atoms with E-state index in [9.17, 15) is 9.59 Å². The summed E-state index contributed by atoms with van der Waals surface area (Å²) in [6.07, 6.45) is 3.61. The van der Waals surface area contributed by atoms with Crippen LogP contribution in [-0.2, 0) is 9.59 Å². The van der Waals surface area contributed by atoms with Gasteiger partial charge in [0.25, 0.3) is 0 Å². The maximum atomic E-state index is 12.4. The Kier molecular flexibility index (Phi) is 7.29. The molecule has 1 aromatic carbocycles. The summed E-state index contributed by atoms with van der Waals surface area (Å²) in [5, 5.41) is 3.61. The third kappa shape index (κ3) is 6.41. The normalized spacial score (nSPS) is 11.5. The Bertz CT molecular complexity index is 807. The smallest absolute Gasteiger partial charge is 0.240 e. The lowest BCUT2D eigenvalue weighted by Gasteiger charge is -2.23. The van der Waals surface area contributed by atoms with Gasteiger partial charge in [0.2, 0.25) is 11.8 Å². The second kappa shape index (κ2) is 9.28. The quantitative estimate of drug-likeness (QED) is 0.720. The van der Waals surface area contributed by atoms with Gasteiger partial charge in [-0.3, -0.25) is 14.2 Å². The van der Waals surface area contributed by atoms with Gasteiger partial charge in [-0.1, -0.05) is 37.7 Å². The van der Waals surface area contributed by atoms with Crippen molar-refractivity contribution in [3.8, 4) is 5.69 Å². The molecule has 2 amide bonds. The molecule has 0 saturated carbocycles. The molecule has 7 heteroatoms. The largest absolute Gasteiger partial charge is 0.350 e. The zero-order valence-electron chi connectivity index (χ0n) is 17.5.